The van der Waals surface area contributed by atoms with Gasteiger partial charge in [-0.15, -0.1) is 0 Å². The second kappa shape index (κ2) is 12.5. The molecule has 11 heteroatoms. The minimum absolute atomic E-state index is 0.0779. The van der Waals surface area contributed by atoms with E-state index in [2.05, 4.69) is 5.32 Å². The van der Waals surface area contributed by atoms with E-state index in [0.29, 0.717) is 16.3 Å². The molecule has 0 aromatic heterocycles. The third-order valence-corrected chi connectivity index (χ3v) is 7.81. The SMILES string of the molecule is COc1ccc(N(CC(=O)N(Cc2cccc(Cl)c2)C(C)C(=O)NC2CCCC2)S(C)(=O)=O)c(OC)c1. The van der Waals surface area contributed by atoms with E-state index in [9.17, 15) is 18.0 Å². The molecule has 2 amide bonds. The summed E-state index contributed by atoms with van der Waals surface area (Å²) in [4.78, 5) is 28.2. The van der Waals surface area contributed by atoms with Gasteiger partial charge in [0, 0.05) is 23.7 Å². The van der Waals surface area contributed by atoms with E-state index >= 15 is 0 Å². The maximum absolute atomic E-state index is 13.7. The molecule has 0 aliphatic heterocycles. The fraction of sp³-hybridized carbons (Fsp3) is 0.462. The van der Waals surface area contributed by atoms with E-state index in [4.69, 9.17) is 21.1 Å². The molecule has 2 aromatic carbocycles. The number of carbonyl (C=O) groups is 2. The van der Waals surface area contributed by atoms with Crippen molar-refractivity contribution in [1.29, 1.82) is 0 Å². The molecule has 9 nitrogen and oxygen atoms in total. The van der Waals surface area contributed by atoms with Crippen LogP contribution < -0.4 is 19.1 Å². The van der Waals surface area contributed by atoms with Crippen LogP contribution in [0.15, 0.2) is 42.5 Å². The van der Waals surface area contributed by atoms with Gasteiger partial charge in [-0.25, -0.2) is 8.42 Å². The summed E-state index contributed by atoms with van der Waals surface area (Å²) in [5.74, 6) is -0.126. The number of carbonyl (C=O) groups excluding carboxylic acids is 2. The largest absolute Gasteiger partial charge is 0.497 e. The van der Waals surface area contributed by atoms with Gasteiger partial charge in [0.2, 0.25) is 21.8 Å². The average molecular weight is 552 g/mol. The van der Waals surface area contributed by atoms with Crippen LogP contribution in [0.25, 0.3) is 0 Å². The molecule has 0 heterocycles. The number of anilines is 1. The number of nitrogens with one attached hydrogen (secondary N) is 1. The summed E-state index contributed by atoms with van der Waals surface area (Å²) in [7, 11) is -1.01. The molecule has 1 aliphatic carbocycles. The second-order valence-corrected chi connectivity index (χ2v) is 11.5. The van der Waals surface area contributed by atoms with Crippen molar-refractivity contribution in [3.8, 4) is 11.5 Å². The number of rotatable bonds is 11. The second-order valence-electron chi connectivity index (χ2n) is 9.12. The van der Waals surface area contributed by atoms with E-state index in [0.717, 1.165) is 36.2 Å². The number of benzene rings is 2. The lowest BCUT2D eigenvalue weighted by Gasteiger charge is -2.32. The molecule has 1 N–H and O–H groups in total. The number of halogens is 1. The van der Waals surface area contributed by atoms with E-state index in [1.165, 1.54) is 25.2 Å². The quantitative estimate of drug-likeness (QED) is 0.457. The Hall–Kier alpha value is -2.98. The maximum atomic E-state index is 13.7. The summed E-state index contributed by atoms with van der Waals surface area (Å²) in [6, 6.07) is 10.9. The Balaban J connectivity index is 1.93. The average Bonchev–Trinajstić information content (AvgIpc) is 3.37. The molecule has 0 saturated heterocycles. The van der Waals surface area contributed by atoms with Crippen molar-refractivity contribution in [2.24, 2.45) is 0 Å². The maximum Gasteiger partial charge on any atom is 0.244 e. The normalized spacial score (nSPS) is 14.6. The smallest absolute Gasteiger partial charge is 0.244 e. The lowest BCUT2D eigenvalue weighted by Crippen LogP contribution is -2.52. The highest BCUT2D eigenvalue weighted by molar-refractivity contribution is 7.92. The van der Waals surface area contributed by atoms with Crippen molar-refractivity contribution >= 4 is 39.1 Å². The first-order valence-electron chi connectivity index (χ1n) is 12.1. The fourth-order valence-electron chi connectivity index (χ4n) is 4.39. The molecule has 202 valence electrons. The van der Waals surface area contributed by atoms with Crippen molar-refractivity contribution in [3.05, 3.63) is 53.1 Å². The van der Waals surface area contributed by atoms with Gasteiger partial charge < -0.3 is 19.7 Å². The zero-order valence-electron chi connectivity index (χ0n) is 21.6. The Morgan fingerprint density at radius 2 is 1.81 bits per heavy atom. The number of methoxy groups -OCH3 is 2. The molecule has 1 aliphatic rings. The van der Waals surface area contributed by atoms with Gasteiger partial charge in [0.25, 0.3) is 0 Å². The summed E-state index contributed by atoms with van der Waals surface area (Å²) in [5.41, 5.74) is 0.902. The summed E-state index contributed by atoms with van der Waals surface area (Å²) in [6.07, 6.45) is 4.93. The molecule has 3 rings (SSSR count). The third kappa shape index (κ3) is 7.52. The Morgan fingerprint density at radius 1 is 1.11 bits per heavy atom. The molecular weight excluding hydrogens is 518 g/mol. The van der Waals surface area contributed by atoms with Gasteiger partial charge in [0.1, 0.15) is 24.1 Å². The van der Waals surface area contributed by atoms with Crippen molar-refractivity contribution in [1.82, 2.24) is 10.2 Å². The van der Waals surface area contributed by atoms with E-state index in [1.54, 1.807) is 43.3 Å². The van der Waals surface area contributed by atoms with Crippen LogP contribution in [0.3, 0.4) is 0 Å². The molecule has 0 bridgehead atoms. The van der Waals surface area contributed by atoms with Crippen LogP contribution in [0, 0.1) is 0 Å². The van der Waals surface area contributed by atoms with Crippen LogP contribution in [0.4, 0.5) is 5.69 Å². The lowest BCUT2D eigenvalue weighted by molar-refractivity contribution is -0.139. The van der Waals surface area contributed by atoms with Crippen molar-refractivity contribution in [2.45, 2.75) is 51.2 Å². The van der Waals surface area contributed by atoms with Crippen LogP contribution in [0.5, 0.6) is 11.5 Å². The minimum Gasteiger partial charge on any atom is -0.497 e. The molecule has 0 spiro atoms. The van der Waals surface area contributed by atoms with Crippen LogP contribution in [0.2, 0.25) is 5.02 Å². The monoisotopic (exact) mass is 551 g/mol. The van der Waals surface area contributed by atoms with Gasteiger partial charge in [0.15, 0.2) is 0 Å². The molecule has 1 fully saturated rings. The topological polar surface area (TPSA) is 105 Å². The summed E-state index contributed by atoms with van der Waals surface area (Å²) < 4.78 is 37.2. The first kappa shape index (κ1) is 28.6. The first-order chi connectivity index (χ1) is 17.5. The van der Waals surface area contributed by atoms with E-state index in [-0.39, 0.29) is 29.9 Å². The van der Waals surface area contributed by atoms with E-state index in [1.807, 2.05) is 0 Å². The molecule has 1 atom stereocenters. The highest BCUT2D eigenvalue weighted by Gasteiger charge is 2.32. The minimum atomic E-state index is -3.90. The zero-order chi connectivity index (χ0) is 27.2. The molecule has 1 saturated carbocycles. The van der Waals surface area contributed by atoms with Crippen LogP contribution in [-0.4, -0.2) is 64.2 Å². The fourth-order valence-corrected chi connectivity index (χ4v) is 5.46. The first-order valence-corrected chi connectivity index (χ1v) is 14.3. The molecule has 0 radical (unpaired) electrons. The predicted molar refractivity (Wildman–Crippen MR) is 144 cm³/mol. The third-order valence-electron chi connectivity index (χ3n) is 6.45. The predicted octanol–water partition coefficient (Wildman–Crippen LogP) is 3.60. The Bertz CT molecular complexity index is 1220. The number of ether oxygens (including phenoxy) is 2. The number of amides is 2. The highest BCUT2D eigenvalue weighted by atomic mass is 35.5. The zero-order valence-corrected chi connectivity index (χ0v) is 23.1. The van der Waals surface area contributed by atoms with Gasteiger partial charge >= 0.3 is 0 Å². The Labute approximate surface area is 223 Å². The summed E-state index contributed by atoms with van der Waals surface area (Å²) in [5, 5.41) is 3.53. The van der Waals surface area contributed by atoms with Gasteiger partial charge in [-0.1, -0.05) is 36.6 Å². The summed E-state index contributed by atoms with van der Waals surface area (Å²) >= 11 is 6.15. The van der Waals surface area contributed by atoms with Gasteiger partial charge in [-0.05, 0) is 49.6 Å². The van der Waals surface area contributed by atoms with Crippen LogP contribution in [0.1, 0.15) is 38.2 Å². The van der Waals surface area contributed by atoms with Gasteiger partial charge in [-0.2, -0.15) is 0 Å². The van der Waals surface area contributed by atoms with Crippen LogP contribution in [-0.2, 0) is 26.2 Å². The highest BCUT2D eigenvalue weighted by Crippen LogP contribution is 2.33. The Morgan fingerprint density at radius 3 is 2.41 bits per heavy atom. The summed E-state index contributed by atoms with van der Waals surface area (Å²) in [6.45, 7) is 1.20. The van der Waals surface area contributed by atoms with Crippen molar-refractivity contribution in [2.75, 3.05) is 31.3 Å². The molecule has 1 unspecified atom stereocenters. The lowest BCUT2D eigenvalue weighted by atomic mass is 10.1. The molecular formula is C26H34ClN3O6S. The van der Waals surface area contributed by atoms with E-state index < -0.39 is 28.5 Å². The number of nitrogens with zero attached hydrogens (tertiary/aromatic N) is 2. The number of hydrogen-bond acceptors (Lipinski definition) is 6. The number of sulfonamides is 1. The van der Waals surface area contributed by atoms with Crippen molar-refractivity contribution in [3.63, 3.8) is 0 Å². The molecule has 2 aromatic rings. The molecule has 37 heavy (non-hydrogen) atoms. The Kier molecular flexibility index (Phi) is 9.67. The van der Waals surface area contributed by atoms with Crippen LogP contribution >= 0.6 is 11.6 Å². The number of hydrogen-bond donors (Lipinski definition) is 1. The van der Waals surface area contributed by atoms with Crippen molar-refractivity contribution < 1.29 is 27.5 Å². The standard InChI is InChI=1S/C26H34ClN3O6S/c1-18(26(32)28-21-10-5-6-11-21)29(16-19-8-7-9-20(27)14-19)25(31)17-30(37(4,33)34)23-13-12-22(35-2)15-24(23)36-3/h7-9,12-15,18,21H,5-6,10-11,16-17H2,1-4H3,(H,28,32). The van der Waals surface area contributed by atoms with Gasteiger partial charge in [-0.3, -0.25) is 13.9 Å². The van der Waals surface area contributed by atoms with Gasteiger partial charge in [0.05, 0.1) is 26.2 Å².